The molecular weight excluding hydrogens is 101 g/mol. The maximum Gasteiger partial charge on any atom is 0.0103 e. The van der Waals surface area contributed by atoms with Gasteiger partial charge in [0.05, 0.1) is 0 Å². The van der Waals surface area contributed by atoms with E-state index in [1.165, 1.54) is 0 Å². The molecule has 0 heterocycles. The second-order valence-electron chi connectivity index (χ2n) is 2.61. The summed E-state index contributed by atoms with van der Waals surface area (Å²) in [4.78, 5) is 4.36. The SMILES string of the molecule is CN(C)CC[15N](C)C. The van der Waals surface area contributed by atoms with E-state index in [9.17, 15) is 0 Å². The summed E-state index contributed by atoms with van der Waals surface area (Å²) in [6.07, 6.45) is 0. The van der Waals surface area contributed by atoms with Crippen molar-refractivity contribution in [2.24, 2.45) is 0 Å². The van der Waals surface area contributed by atoms with E-state index in [1.54, 1.807) is 0 Å². The van der Waals surface area contributed by atoms with Crippen LogP contribution in [-0.2, 0) is 0 Å². The topological polar surface area (TPSA) is 6.48 Å². The first-order valence-corrected chi connectivity index (χ1v) is 2.92. The molecular formula is C6H16N2. The van der Waals surface area contributed by atoms with E-state index in [-0.39, 0.29) is 0 Å². The van der Waals surface area contributed by atoms with Crippen molar-refractivity contribution >= 4 is 0 Å². The Bertz CT molecular complexity index is 42.5. The fraction of sp³-hybridized carbons (Fsp3) is 1.00. The number of hydrogen-bond donors (Lipinski definition) is 0. The summed E-state index contributed by atoms with van der Waals surface area (Å²) in [7, 11) is 8.35. The monoisotopic (exact) mass is 117 g/mol. The summed E-state index contributed by atoms with van der Waals surface area (Å²) in [6.45, 7) is 2.29. The highest BCUT2D eigenvalue weighted by Gasteiger charge is 1.89. The largest absolute Gasteiger partial charge is 0.308 e. The smallest absolute Gasteiger partial charge is 0.0103 e. The molecule has 0 saturated carbocycles. The third-order valence-electron chi connectivity index (χ3n) is 0.994. The second-order valence-corrected chi connectivity index (χ2v) is 2.61. The third-order valence-corrected chi connectivity index (χ3v) is 0.994. The van der Waals surface area contributed by atoms with Crippen molar-refractivity contribution in [3.05, 3.63) is 0 Å². The molecule has 0 atom stereocenters. The van der Waals surface area contributed by atoms with Crippen molar-refractivity contribution < 1.29 is 0 Å². The van der Waals surface area contributed by atoms with Crippen molar-refractivity contribution in [2.75, 3.05) is 41.3 Å². The van der Waals surface area contributed by atoms with E-state index in [0.29, 0.717) is 0 Å². The Labute approximate surface area is 52.1 Å². The van der Waals surface area contributed by atoms with Gasteiger partial charge >= 0.3 is 0 Å². The maximum atomic E-state index is 2.18. The Morgan fingerprint density at radius 2 is 1.00 bits per heavy atom. The van der Waals surface area contributed by atoms with Gasteiger partial charge in [-0.3, -0.25) is 0 Å². The van der Waals surface area contributed by atoms with E-state index < -0.39 is 0 Å². The Morgan fingerprint density at radius 1 is 0.750 bits per heavy atom. The summed E-state index contributed by atoms with van der Waals surface area (Å²) < 4.78 is 0. The average molecular weight is 117 g/mol. The van der Waals surface area contributed by atoms with Gasteiger partial charge in [0, 0.05) is 13.1 Å². The molecule has 0 aliphatic heterocycles. The number of nitrogens with zero attached hydrogens (tertiary/aromatic N) is 2. The summed E-state index contributed by atoms with van der Waals surface area (Å²) >= 11 is 0. The van der Waals surface area contributed by atoms with Crippen molar-refractivity contribution in [2.45, 2.75) is 0 Å². The highest BCUT2D eigenvalue weighted by Crippen LogP contribution is 1.76. The first-order valence-electron chi connectivity index (χ1n) is 2.92. The molecule has 0 aliphatic carbocycles. The molecule has 0 aromatic rings. The highest BCUT2D eigenvalue weighted by molar-refractivity contribution is 4.45. The summed E-state index contributed by atoms with van der Waals surface area (Å²) in [5.74, 6) is 0. The van der Waals surface area contributed by atoms with Crippen LogP contribution in [0.25, 0.3) is 0 Å². The summed E-state index contributed by atoms with van der Waals surface area (Å²) in [6, 6.07) is 0. The lowest BCUT2D eigenvalue weighted by Crippen LogP contribution is -2.25. The quantitative estimate of drug-likeness (QED) is 0.484. The minimum Gasteiger partial charge on any atom is -0.308 e. The van der Waals surface area contributed by atoms with Gasteiger partial charge in [-0.1, -0.05) is 0 Å². The minimum absolute atomic E-state index is 1.15. The molecule has 0 aromatic heterocycles. The Morgan fingerprint density at radius 3 is 1.12 bits per heavy atom. The lowest BCUT2D eigenvalue weighted by atomic mass is 10.6. The molecule has 8 heavy (non-hydrogen) atoms. The summed E-state index contributed by atoms with van der Waals surface area (Å²) in [5.41, 5.74) is 0. The normalized spacial score (nSPS) is 11.2. The van der Waals surface area contributed by atoms with Crippen LogP contribution in [0.1, 0.15) is 0 Å². The van der Waals surface area contributed by atoms with Crippen LogP contribution in [0.15, 0.2) is 0 Å². The molecule has 2 heteroatoms. The molecule has 0 bridgehead atoms. The summed E-state index contributed by atoms with van der Waals surface area (Å²) in [5, 5.41) is 0. The molecule has 0 aliphatic rings. The van der Waals surface area contributed by atoms with E-state index in [2.05, 4.69) is 38.0 Å². The predicted molar refractivity (Wildman–Crippen MR) is 37.1 cm³/mol. The molecule has 0 saturated heterocycles. The van der Waals surface area contributed by atoms with Crippen molar-refractivity contribution in [1.82, 2.24) is 9.80 Å². The van der Waals surface area contributed by atoms with Gasteiger partial charge in [-0.05, 0) is 28.2 Å². The van der Waals surface area contributed by atoms with Crippen molar-refractivity contribution in [3.63, 3.8) is 0 Å². The molecule has 50 valence electrons. The van der Waals surface area contributed by atoms with Crippen molar-refractivity contribution in [3.8, 4) is 0 Å². The third kappa shape index (κ3) is 5.92. The number of hydrogen-bond acceptors (Lipinski definition) is 2. The van der Waals surface area contributed by atoms with Crippen LogP contribution in [0.3, 0.4) is 0 Å². The maximum absolute atomic E-state index is 2.18. The zero-order valence-electron chi connectivity index (χ0n) is 6.31. The number of likely N-dealkylation sites (N-methyl/N-ethyl adjacent to an activating group) is 2. The van der Waals surface area contributed by atoms with Crippen molar-refractivity contribution in [1.29, 1.82) is 0 Å². The second kappa shape index (κ2) is 3.87. The zero-order valence-corrected chi connectivity index (χ0v) is 6.31. The van der Waals surface area contributed by atoms with Crippen LogP contribution in [-0.4, -0.2) is 51.1 Å². The molecule has 0 fully saturated rings. The van der Waals surface area contributed by atoms with Gasteiger partial charge in [0.25, 0.3) is 0 Å². The molecule has 0 spiro atoms. The first-order chi connectivity index (χ1) is 3.63. The van der Waals surface area contributed by atoms with Gasteiger partial charge in [0.1, 0.15) is 0 Å². The lowest BCUT2D eigenvalue weighted by Gasteiger charge is -2.13. The Hall–Kier alpha value is -0.0800. The molecule has 0 rings (SSSR count). The standard InChI is InChI=1S/C6H16N2/c1-7(2)5-6-8(3)4/h5-6H2,1-4H3/i7+1. The number of rotatable bonds is 3. The van der Waals surface area contributed by atoms with E-state index in [0.717, 1.165) is 13.1 Å². The molecule has 0 amide bonds. The molecule has 0 unspecified atom stereocenters. The van der Waals surface area contributed by atoms with Gasteiger partial charge < -0.3 is 9.80 Å². The predicted octanol–water partition coefficient (Wildman–Crippen LogP) is 0.110. The molecule has 0 N–H and O–H groups in total. The Balaban J connectivity index is 2.93. The average Bonchev–Trinajstić information content (AvgIpc) is 1.61. The van der Waals surface area contributed by atoms with Gasteiger partial charge in [-0.2, -0.15) is 0 Å². The van der Waals surface area contributed by atoms with Crippen LogP contribution in [0, 0.1) is 0 Å². The van der Waals surface area contributed by atoms with E-state index >= 15 is 0 Å². The van der Waals surface area contributed by atoms with Gasteiger partial charge in [-0.25, -0.2) is 0 Å². The van der Waals surface area contributed by atoms with E-state index in [4.69, 9.17) is 0 Å². The van der Waals surface area contributed by atoms with Crippen LogP contribution in [0.4, 0.5) is 0 Å². The molecule has 0 aromatic carbocycles. The van der Waals surface area contributed by atoms with E-state index in [1.807, 2.05) is 0 Å². The molecule has 0 radical (unpaired) electrons. The van der Waals surface area contributed by atoms with Gasteiger partial charge in [-0.15, -0.1) is 0 Å². The lowest BCUT2D eigenvalue weighted by molar-refractivity contribution is 0.320. The molecule has 2 nitrogen and oxygen atoms in total. The van der Waals surface area contributed by atoms with Crippen LogP contribution >= 0.6 is 0 Å². The van der Waals surface area contributed by atoms with Crippen LogP contribution in [0.5, 0.6) is 0 Å². The zero-order chi connectivity index (χ0) is 6.57. The van der Waals surface area contributed by atoms with Gasteiger partial charge in [0.2, 0.25) is 0 Å². The van der Waals surface area contributed by atoms with Crippen LogP contribution in [0.2, 0.25) is 0 Å². The first kappa shape index (κ1) is 7.92. The minimum atomic E-state index is 1.15. The Kier molecular flexibility index (Phi) is 3.83. The fourth-order valence-corrected chi connectivity index (χ4v) is 0.400. The fourth-order valence-electron chi connectivity index (χ4n) is 0.400. The van der Waals surface area contributed by atoms with Gasteiger partial charge in [0.15, 0.2) is 0 Å². The highest BCUT2D eigenvalue weighted by atomic mass is 15.8. The van der Waals surface area contributed by atoms with Crippen LogP contribution < -0.4 is 0 Å².